The van der Waals surface area contributed by atoms with E-state index in [-0.39, 0.29) is 11.3 Å². The number of imidazole rings is 1. The van der Waals surface area contributed by atoms with E-state index >= 15 is 0 Å². The molecule has 234 valence electrons. The molecule has 4 heterocycles. The summed E-state index contributed by atoms with van der Waals surface area (Å²) in [7, 11) is 0. The molecule has 0 spiro atoms. The van der Waals surface area contributed by atoms with E-state index < -0.39 is 0 Å². The van der Waals surface area contributed by atoms with Gasteiger partial charge in [0, 0.05) is 45.0 Å². The highest BCUT2D eigenvalue weighted by Crippen LogP contribution is 2.28. The average Bonchev–Trinajstić information content (AvgIpc) is 3.46. The van der Waals surface area contributed by atoms with Crippen LogP contribution in [0, 0.1) is 26.7 Å². The predicted molar refractivity (Wildman–Crippen MR) is 172 cm³/mol. The van der Waals surface area contributed by atoms with Crippen molar-refractivity contribution in [1.29, 1.82) is 0 Å². The number of urea groups is 1. The minimum absolute atomic E-state index is 0.155. The summed E-state index contributed by atoms with van der Waals surface area (Å²) in [6, 6.07) is 3.90. The third kappa shape index (κ3) is 8.78. The Morgan fingerprint density at radius 1 is 1.12 bits per heavy atom. The maximum atomic E-state index is 12.6. The molecule has 1 unspecified atom stereocenters. The van der Waals surface area contributed by atoms with Crippen molar-refractivity contribution in [3.63, 3.8) is 0 Å². The normalized spacial score (nSPS) is 18.0. The van der Waals surface area contributed by atoms with Gasteiger partial charge in [0.25, 0.3) is 0 Å². The highest BCUT2D eigenvalue weighted by Gasteiger charge is 2.25. The van der Waals surface area contributed by atoms with Gasteiger partial charge in [-0.05, 0) is 112 Å². The van der Waals surface area contributed by atoms with Crippen molar-refractivity contribution < 1.29 is 9.53 Å². The molecule has 3 aromatic rings. The molecule has 12 heteroatoms. The van der Waals surface area contributed by atoms with Gasteiger partial charge < -0.3 is 30.2 Å². The first-order chi connectivity index (χ1) is 20.9. The number of aryl methyl sites for hydroxylation is 2. The minimum Gasteiger partial charge on any atom is -0.379 e. The van der Waals surface area contributed by atoms with Crippen molar-refractivity contribution >= 4 is 40.3 Å². The zero-order valence-corrected chi connectivity index (χ0v) is 26.5. The molecule has 2 aliphatic heterocycles. The van der Waals surface area contributed by atoms with Crippen LogP contribution in [0.4, 0.5) is 16.3 Å². The van der Waals surface area contributed by atoms with Crippen molar-refractivity contribution in [3.05, 3.63) is 40.4 Å². The molecule has 11 nitrogen and oxygen atoms in total. The number of piperidine rings is 1. The SMILES string of the molecule is Cc1cc(NC(=O)NCCCN(CCCN2CCOCC2)CC2CCCN(c3nc(Cl)nc4nc[nH]c34)C2)cc(C)c1C. The summed E-state index contributed by atoms with van der Waals surface area (Å²) >= 11 is 6.24. The largest absolute Gasteiger partial charge is 0.379 e. The third-order valence-corrected chi connectivity index (χ3v) is 8.92. The molecule has 2 aliphatic rings. The second-order valence-electron chi connectivity index (χ2n) is 11.9. The number of nitrogens with one attached hydrogen (secondary N) is 3. The molecule has 1 atom stereocenters. The lowest BCUT2D eigenvalue weighted by molar-refractivity contribution is 0.0358. The second kappa shape index (κ2) is 15.1. The number of H-pyrrole nitrogens is 1. The molecule has 2 saturated heterocycles. The molecule has 2 amide bonds. The summed E-state index contributed by atoms with van der Waals surface area (Å²) in [6.45, 7) is 16.5. The Labute approximate surface area is 259 Å². The summed E-state index contributed by atoms with van der Waals surface area (Å²) in [6.07, 6.45) is 5.94. The van der Waals surface area contributed by atoms with Gasteiger partial charge in [-0.3, -0.25) is 4.90 Å². The zero-order chi connectivity index (χ0) is 30.2. The summed E-state index contributed by atoms with van der Waals surface area (Å²) in [5.74, 6) is 1.35. The van der Waals surface area contributed by atoms with Gasteiger partial charge in [0.15, 0.2) is 11.5 Å². The number of hydrogen-bond acceptors (Lipinski definition) is 8. The van der Waals surface area contributed by atoms with Gasteiger partial charge >= 0.3 is 6.03 Å². The van der Waals surface area contributed by atoms with Crippen LogP contribution in [0.2, 0.25) is 5.28 Å². The molecule has 2 fully saturated rings. The Kier molecular flexibility index (Phi) is 11.1. The van der Waals surface area contributed by atoms with Gasteiger partial charge in [0.2, 0.25) is 5.28 Å². The van der Waals surface area contributed by atoms with Crippen molar-refractivity contribution in [2.24, 2.45) is 5.92 Å². The van der Waals surface area contributed by atoms with Crippen LogP contribution in [-0.2, 0) is 4.74 Å². The van der Waals surface area contributed by atoms with Crippen LogP contribution in [-0.4, -0.2) is 108 Å². The summed E-state index contributed by atoms with van der Waals surface area (Å²) in [5.41, 5.74) is 5.90. The fourth-order valence-corrected chi connectivity index (χ4v) is 6.38. The molecule has 0 saturated carbocycles. The maximum absolute atomic E-state index is 12.6. The molecule has 5 rings (SSSR count). The highest BCUT2D eigenvalue weighted by molar-refractivity contribution is 6.28. The van der Waals surface area contributed by atoms with Crippen LogP contribution >= 0.6 is 11.6 Å². The number of morpholine rings is 1. The Morgan fingerprint density at radius 2 is 1.88 bits per heavy atom. The van der Waals surface area contributed by atoms with E-state index in [0.29, 0.717) is 18.1 Å². The van der Waals surface area contributed by atoms with Gasteiger partial charge in [-0.1, -0.05) is 0 Å². The number of hydrogen-bond donors (Lipinski definition) is 3. The fraction of sp³-hybridized carbons (Fsp3) is 0.613. The summed E-state index contributed by atoms with van der Waals surface area (Å²) < 4.78 is 5.52. The van der Waals surface area contributed by atoms with Gasteiger partial charge in [-0.25, -0.2) is 9.78 Å². The Hall–Kier alpha value is -2.99. The molecular formula is C31H46ClN9O2. The van der Waals surface area contributed by atoms with Crippen LogP contribution in [0.1, 0.15) is 42.4 Å². The lowest BCUT2D eigenvalue weighted by Crippen LogP contribution is -2.43. The number of fused-ring (bicyclic) bond motifs is 1. The number of nitrogens with zero attached hydrogens (tertiary/aromatic N) is 6. The van der Waals surface area contributed by atoms with E-state index in [1.165, 1.54) is 23.1 Å². The van der Waals surface area contributed by atoms with E-state index in [0.717, 1.165) is 102 Å². The smallest absolute Gasteiger partial charge is 0.319 e. The number of halogens is 1. The lowest BCUT2D eigenvalue weighted by Gasteiger charge is -2.36. The number of aromatic nitrogens is 4. The number of ether oxygens (including phenoxy) is 1. The summed E-state index contributed by atoms with van der Waals surface area (Å²) in [4.78, 5) is 36.3. The van der Waals surface area contributed by atoms with Gasteiger partial charge in [-0.15, -0.1) is 0 Å². The Balaban J connectivity index is 1.14. The number of benzene rings is 1. The third-order valence-electron chi connectivity index (χ3n) is 8.75. The van der Waals surface area contributed by atoms with E-state index in [1.54, 1.807) is 6.33 Å². The first kappa shape index (κ1) is 31.4. The van der Waals surface area contributed by atoms with Crippen LogP contribution < -0.4 is 15.5 Å². The predicted octanol–water partition coefficient (Wildman–Crippen LogP) is 4.38. The number of aromatic amines is 1. The second-order valence-corrected chi connectivity index (χ2v) is 12.3. The number of anilines is 2. The Bertz CT molecular complexity index is 1340. The van der Waals surface area contributed by atoms with Crippen LogP contribution in [0.15, 0.2) is 18.5 Å². The first-order valence-electron chi connectivity index (χ1n) is 15.6. The topological polar surface area (TPSA) is 115 Å². The number of amides is 2. The Morgan fingerprint density at radius 3 is 2.67 bits per heavy atom. The standard InChI is InChI=1S/C31H46ClN9O2/c1-22-17-26(18-23(2)24(22)3)36-31(42)33-8-5-9-40(11-6-10-39-13-15-43-16-14-39)19-25-7-4-12-41(20-25)29-27-28(35-21-34-27)37-30(32)38-29/h17-18,21,25H,4-16,19-20H2,1-3H3,(H2,33,36,42)(H,34,35,37,38). The molecule has 43 heavy (non-hydrogen) atoms. The molecule has 3 N–H and O–H groups in total. The average molecular weight is 612 g/mol. The molecule has 0 aliphatic carbocycles. The molecule has 0 radical (unpaired) electrons. The minimum atomic E-state index is -0.155. The van der Waals surface area contributed by atoms with E-state index in [9.17, 15) is 4.79 Å². The van der Waals surface area contributed by atoms with Crippen molar-refractivity contribution in [2.75, 3.05) is 82.3 Å². The molecular weight excluding hydrogens is 566 g/mol. The quantitative estimate of drug-likeness (QED) is 0.204. The van der Waals surface area contributed by atoms with Crippen LogP contribution in [0.25, 0.3) is 11.2 Å². The van der Waals surface area contributed by atoms with E-state index in [1.807, 2.05) is 12.1 Å². The first-order valence-corrected chi connectivity index (χ1v) is 16.0. The van der Waals surface area contributed by atoms with E-state index in [4.69, 9.17) is 16.3 Å². The number of carbonyl (C=O) groups is 1. The van der Waals surface area contributed by atoms with Crippen molar-refractivity contribution in [3.8, 4) is 0 Å². The molecule has 2 aromatic heterocycles. The van der Waals surface area contributed by atoms with Gasteiger partial charge in [0.1, 0.15) is 5.52 Å². The van der Waals surface area contributed by atoms with Crippen LogP contribution in [0.3, 0.4) is 0 Å². The van der Waals surface area contributed by atoms with E-state index in [2.05, 4.69) is 66.0 Å². The summed E-state index contributed by atoms with van der Waals surface area (Å²) in [5, 5.41) is 6.28. The number of carbonyl (C=O) groups excluding carboxylic acids is 1. The van der Waals surface area contributed by atoms with Crippen molar-refractivity contribution in [1.82, 2.24) is 35.1 Å². The zero-order valence-electron chi connectivity index (χ0n) is 25.8. The van der Waals surface area contributed by atoms with Crippen molar-refractivity contribution in [2.45, 2.75) is 46.5 Å². The van der Waals surface area contributed by atoms with Crippen LogP contribution in [0.5, 0.6) is 0 Å². The van der Waals surface area contributed by atoms with Gasteiger partial charge in [-0.2, -0.15) is 9.97 Å². The van der Waals surface area contributed by atoms with Gasteiger partial charge in [0.05, 0.1) is 19.5 Å². The fourth-order valence-electron chi connectivity index (χ4n) is 6.22. The lowest BCUT2D eigenvalue weighted by atomic mass is 9.97. The molecule has 1 aromatic carbocycles. The molecule has 0 bridgehead atoms. The monoisotopic (exact) mass is 611 g/mol. The highest BCUT2D eigenvalue weighted by atomic mass is 35.5. The maximum Gasteiger partial charge on any atom is 0.319 e. The number of rotatable bonds is 12.